The van der Waals surface area contributed by atoms with E-state index in [0.717, 1.165) is 42.6 Å². The van der Waals surface area contributed by atoms with Crippen LogP contribution in [0.5, 0.6) is 0 Å². The number of fused-ring (bicyclic) bond motifs is 1. The molecular formula is C27H31N5O4S. The van der Waals surface area contributed by atoms with Gasteiger partial charge in [0.25, 0.3) is 10.0 Å². The highest BCUT2D eigenvalue weighted by molar-refractivity contribution is 7.90. The van der Waals surface area contributed by atoms with E-state index in [-0.39, 0.29) is 22.3 Å². The Balaban J connectivity index is 0.00000156. The Morgan fingerprint density at radius 1 is 1.05 bits per heavy atom. The Bertz CT molecular complexity index is 1460. The number of rotatable bonds is 7. The lowest BCUT2D eigenvalue weighted by Crippen LogP contribution is -2.41. The topological polar surface area (TPSA) is 110 Å². The maximum atomic E-state index is 13.2. The predicted octanol–water partition coefficient (Wildman–Crippen LogP) is 5.28. The van der Waals surface area contributed by atoms with Crippen LogP contribution in [0.25, 0.3) is 11.0 Å². The number of pyridine rings is 1. The molecule has 1 saturated heterocycles. The summed E-state index contributed by atoms with van der Waals surface area (Å²) in [6.07, 6.45) is 4.34. The predicted molar refractivity (Wildman–Crippen MR) is 145 cm³/mol. The van der Waals surface area contributed by atoms with Gasteiger partial charge in [-0.15, -0.1) is 0 Å². The first-order valence-electron chi connectivity index (χ1n) is 12.4. The van der Waals surface area contributed by atoms with Crippen LogP contribution in [0, 0.1) is 10.1 Å². The number of benzene rings is 2. The number of nitrogens with zero attached hydrogens (tertiary/aromatic N) is 4. The molecule has 37 heavy (non-hydrogen) atoms. The van der Waals surface area contributed by atoms with Crippen LogP contribution in [0.3, 0.4) is 0 Å². The van der Waals surface area contributed by atoms with Crippen molar-refractivity contribution in [1.82, 2.24) is 13.9 Å². The average molecular weight is 522 g/mol. The lowest BCUT2D eigenvalue weighted by Gasteiger charge is -2.33. The van der Waals surface area contributed by atoms with E-state index >= 15 is 0 Å². The summed E-state index contributed by atoms with van der Waals surface area (Å²) in [7, 11) is -3.90. The summed E-state index contributed by atoms with van der Waals surface area (Å²) in [5.41, 5.74) is 1.49. The normalized spacial score (nSPS) is 16.1. The van der Waals surface area contributed by atoms with Crippen LogP contribution in [0.1, 0.15) is 32.3 Å². The third-order valence-corrected chi connectivity index (χ3v) is 7.94. The monoisotopic (exact) mass is 521 g/mol. The first-order chi connectivity index (χ1) is 17.9. The zero-order valence-corrected chi connectivity index (χ0v) is 21.8. The molecule has 194 valence electrons. The summed E-state index contributed by atoms with van der Waals surface area (Å²) >= 11 is 0. The van der Waals surface area contributed by atoms with Crippen molar-refractivity contribution in [3.05, 3.63) is 94.8 Å². The minimum Gasteiger partial charge on any atom is -0.375 e. The molecule has 0 bridgehead atoms. The molecule has 9 nitrogen and oxygen atoms in total. The van der Waals surface area contributed by atoms with Crippen LogP contribution in [0.4, 0.5) is 11.4 Å². The molecule has 3 heterocycles. The molecule has 2 aromatic carbocycles. The van der Waals surface area contributed by atoms with Crippen molar-refractivity contribution in [2.24, 2.45) is 0 Å². The average Bonchev–Trinajstić information content (AvgIpc) is 3.37. The Kier molecular flexibility index (Phi) is 8.20. The van der Waals surface area contributed by atoms with Crippen molar-refractivity contribution in [2.45, 2.75) is 44.2 Å². The van der Waals surface area contributed by atoms with Crippen LogP contribution >= 0.6 is 0 Å². The van der Waals surface area contributed by atoms with Gasteiger partial charge >= 0.3 is 5.69 Å². The van der Waals surface area contributed by atoms with Crippen LogP contribution in [0.15, 0.2) is 84.0 Å². The SMILES string of the molecule is CC.O=[N+]([O-])c1cnc2c(ccn2S(=O)(=O)c2ccccc2)c1N[C@@H]1CCCN(Cc2ccccc2)C1. The van der Waals surface area contributed by atoms with Crippen LogP contribution in [0.2, 0.25) is 0 Å². The van der Waals surface area contributed by atoms with Gasteiger partial charge in [-0.2, -0.15) is 0 Å². The second kappa shape index (κ2) is 11.5. The molecule has 1 aliphatic rings. The molecule has 2 aromatic heterocycles. The molecule has 10 heteroatoms. The van der Waals surface area contributed by atoms with Gasteiger partial charge < -0.3 is 5.32 Å². The molecular weight excluding hydrogens is 490 g/mol. The van der Waals surface area contributed by atoms with Crippen LogP contribution < -0.4 is 5.32 Å². The molecule has 0 aliphatic carbocycles. The van der Waals surface area contributed by atoms with Crippen molar-refractivity contribution >= 4 is 32.4 Å². The summed E-state index contributed by atoms with van der Waals surface area (Å²) in [5.74, 6) is 0. The standard InChI is InChI=1S/C25H25N5O4S.C2H6/c31-30(32)23-16-26-25-22(13-15-29(25)35(33,34)21-11-5-2-6-12-21)24(23)27-20-10-7-14-28(18-20)17-19-8-3-1-4-9-19;1-2/h1-6,8-9,11-13,15-16,20H,7,10,14,17-18H2,(H,26,27);1-2H3/t20-;/m1./s1. The molecule has 0 amide bonds. The van der Waals surface area contributed by atoms with Crippen molar-refractivity contribution in [3.8, 4) is 0 Å². The van der Waals surface area contributed by atoms with Gasteiger partial charge in [-0.05, 0) is 43.1 Å². The van der Waals surface area contributed by atoms with Gasteiger partial charge in [-0.25, -0.2) is 17.4 Å². The molecule has 1 N–H and O–H groups in total. The number of likely N-dealkylation sites (tertiary alicyclic amines) is 1. The molecule has 4 aromatic rings. The molecule has 0 radical (unpaired) electrons. The second-order valence-corrected chi connectivity index (χ2v) is 10.5. The Morgan fingerprint density at radius 3 is 2.41 bits per heavy atom. The molecule has 1 atom stereocenters. The number of aromatic nitrogens is 2. The van der Waals surface area contributed by atoms with Crippen molar-refractivity contribution in [2.75, 3.05) is 18.4 Å². The molecule has 0 spiro atoms. The van der Waals surface area contributed by atoms with E-state index in [1.54, 1.807) is 24.3 Å². The third-order valence-electron chi connectivity index (χ3n) is 6.26. The summed E-state index contributed by atoms with van der Waals surface area (Å²) < 4.78 is 27.5. The maximum absolute atomic E-state index is 13.2. The molecule has 5 rings (SSSR count). The highest BCUT2D eigenvalue weighted by Crippen LogP contribution is 2.35. The van der Waals surface area contributed by atoms with E-state index in [4.69, 9.17) is 0 Å². The Hall–Kier alpha value is -3.76. The first-order valence-corrected chi connectivity index (χ1v) is 13.9. The van der Waals surface area contributed by atoms with E-state index < -0.39 is 14.9 Å². The van der Waals surface area contributed by atoms with Crippen molar-refractivity contribution in [1.29, 1.82) is 0 Å². The lowest BCUT2D eigenvalue weighted by atomic mass is 10.0. The van der Waals surface area contributed by atoms with E-state index in [1.165, 1.54) is 23.9 Å². The maximum Gasteiger partial charge on any atom is 0.311 e. The number of piperidine rings is 1. The summed E-state index contributed by atoms with van der Waals surface area (Å²) in [5, 5.41) is 15.6. The molecule has 1 aliphatic heterocycles. The van der Waals surface area contributed by atoms with E-state index in [0.29, 0.717) is 11.1 Å². The fourth-order valence-electron chi connectivity index (χ4n) is 4.61. The lowest BCUT2D eigenvalue weighted by molar-refractivity contribution is -0.384. The van der Waals surface area contributed by atoms with Crippen molar-refractivity contribution in [3.63, 3.8) is 0 Å². The highest BCUT2D eigenvalue weighted by Gasteiger charge is 2.28. The number of hydrogen-bond donors (Lipinski definition) is 1. The van der Waals surface area contributed by atoms with Gasteiger partial charge in [0.1, 0.15) is 11.9 Å². The van der Waals surface area contributed by atoms with E-state index in [9.17, 15) is 18.5 Å². The quantitative estimate of drug-likeness (QED) is 0.260. The smallest absolute Gasteiger partial charge is 0.311 e. The minimum absolute atomic E-state index is 0.0224. The van der Waals surface area contributed by atoms with Crippen LogP contribution in [-0.2, 0) is 16.6 Å². The molecule has 1 fully saturated rings. The summed E-state index contributed by atoms with van der Waals surface area (Å²) in [6, 6.07) is 19.8. The summed E-state index contributed by atoms with van der Waals surface area (Å²) in [4.78, 5) is 18.0. The summed E-state index contributed by atoms with van der Waals surface area (Å²) in [6.45, 7) is 6.48. The van der Waals surface area contributed by atoms with E-state index in [2.05, 4.69) is 27.3 Å². The number of anilines is 1. The fraction of sp³-hybridized carbons (Fsp3) is 0.296. The first kappa shape index (κ1) is 26.3. The third kappa shape index (κ3) is 5.65. The zero-order valence-electron chi connectivity index (χ0n) is 20.9. The molecule has 0 unspecified atom stereocenters. The number of nitrogens with one attached hydrogen (secondary N) is 1. The van der Waals surface area contributed by atoms with Gasteiger partial charge in [0.15, 0.2) is 5.65 Å². The number of hydrogen-bond acceptors (Lipinski definition) is 7. The second-order valence-electron chi connectivity index (χ2n) is 8.65. The zero-order chi connectivity index (χ0) is 26.4. The van der Waals surface area contributed by atoms with Gasteiger partial charge in [0.2, 0.25) is 0 Å². The Morgan fingerprint density at radius 2 is 1.73 bits per heavy atom. The van der Waals surface area contributed by atoms with Gasteiger partial charge in [0.05, 0.1) is 15.2 Å². The van der Waals surface area contributed by atoms with Crippen molar-refractivity contribution < 1.29 is 13.3 Å². The van der Waals surface area contributed by atoms with Gasteiger partial charge in [0, 0.05) is 25.3 Å². The van der Waals surface area contributed by atoms with E-state index in [1.807, 2.05) is 32.0 Å². The Labute approximate surface area is 217 Å². The number of nitro groups is 1. The minimum atomic E-state index is -3.90. The fourth-order valence-corrected chi connectivity index (χ4v) is 5.93. The molecule has 0 saturated carbocycles. The van der Waals surface area contributed by atoms with Gasteiger partial charge in [-0.3, -0.25) is 15.0 Å². The highest BCUT2D eigenvalue weighted by atomic mass is 32.2. The van der Waals surface area contributed by atoms with Crippen LogP contribution in [-0.4, -0.2) is 46.3 Å². The van der Waals surface area contributed by atoms with Gasteiger partial charge in [-0.1, -0.05) is 62.4 Å². The largest absolute Gasteiger partial charge is 0.375 e.